The van der Waals surface area contributed by atoms with Crippen LogP contribution in [0.2, 0.25) is 0 Å². The highest BCUT2D eigenvalue weighted by Crippen LogP contribution is 2.18. The molecule has 0 saturated carbocycles. The van der Waals surface area contributed by atoms with Crippen LogP contribution in [0.5, 0.6) is 0 Å². The number of nitrogens with one attached hydrogen (secondary N) is 1. The predicted molar refractivity (Wildman–Crippen MR) is 58.8 cm³/mol. The molecule has 3 heteroatoms. The number of nitrogens with two attached hydrogens (primary N) is 1. The maximum Gasteiger partial charge on any atom is 0.146 e. The molecule has 0 aliphatic rings. The molecule has 14 heavy (non-hydrogen) atoms. The Kier molecular flexibility index (Phi) is 3.74. The summed E-state index contributed by atoms with van der Waals surface area (Å²) in [6.45, 7) is 4.24. The third kappa shape index (κ3) is 2.62. The lowest BCUT2D eigenvalue weighted by Crippen LogP contribution is -2.17. The summed E-state index contributed by atoms with van der Waals surface area (Å²) in [6, 6.07) is 5.16. The number of hydrogen-bond donors (Lipinski definition) is 2. The number of rotatable bonds is 4. The first kappa shape index (κ1) is 10.8. The lowest BCUT2D eigenvalue weighted by molar-refractivity contribution is 0.631. The summed E-state index contributed by atoms with van der Waals surface area (Å²) in [4.78, 5) is 0. The van der Waals surface area contributed by atoms with Crippen LogP contribution >= 0.6 is 0 Å². The fraction of sp³-hybridized carbons (Fsp3) is 0.455. The summed E-state index contributed by atoms with van der Waals surface area (Å²) in [7, 11) is 0. The smallest absolute Gasteiger partial charge is 0.146 e. The third-order valence-electron chi connectivity index (χ3n) is 2.35. The van der Waals surface area contributed by atoms with Gasteiger partial charge in [0.05, 0.1) is 5.69 Å². The minimum atomic E-state index is -0.361. The number of halogens is 1. The van der Waals surface area contributed by atoms with E-state index in [4.69, 9.17) is 5.73 Å². The van der Waals surface area contributed by atoms with Crippen molar-refractivity contribution in [3.05, 3.63) is 24.0 Å². The molecular formula is C11H17FN2. The Morgan fingerprint density at radius 2 is 2.00 bits per heavy atom. The highest BCUT2D eigenvalue weighted by Gasteiger charge is 2.04. The van der Waals surface area contributed by atoms with E-state index in [1.165, 1.54) is 6.07 Å². The second-order valence-electron chi connectivity index (χ2n) is 3.39. The number of anilines is 2. The standard InChI is InChI=1S/C11H17FN2/c1-3-8(4-2)14-9-5-6-10(12)11(13)7-9/h5-8,14H,3-4,13H2,1-2H3. The van der Waals surface area contributed by atoms with Crippen molar-refractivity contribution in [1.82, 2.24) is 0 Å². The summed E-state index contributed by atoms with van der Waals surface area (Å²) in [5.74, 6) is -0.361. The minimum absolute atomic E-state index is 0.195. The van der Waals surface area contributed by atoms with Crippen LogP contribution in [0.1, 0.15) is 26.7 Å². The molecule has 1 aromatic rings. The van der Waals surface area contributed by atoms with Crippen LogP contribution in [0, 0.1) is 5.82 Å². The second-order valence-corrected chi connectivity index (χ2v) is 3.39. The van der Waals surface area contributed by atoms with Crippen molar-refractivity contribution in [2.24, 2.45) is 0 Å². The van der Waals surface area contributed by atoms with Gasteiger partial charge in [-0.05, 0) is 31.0 Å². The van der Waals surface area contributed by atoms with Crippen LogP contribution < -0.4 is 11.1 Å². The van der Waals surface area contributed by atoms with Crippen molar-refractivity contribution in [1.29, 1.82) is 0 Å². The molecule has 0 spiro atoms. The Morgan fingerprint density at radius 3 is 2.50 bits per heavy atom. The largest absolute Gasteiger partial charge is 0.396 e. The van der Waals surface area contributed by atoms with Crippen LogP contribution in [-0.4, -0.2) is 6.04 Å². The Hall–Kier alpha value is -1.25. The quantitative estimate of drug-likeness (QED) is 0.726. The molecule has 0 aliphatic heterocycles. The lowest BCUT2D eigenvalue weighted by atomic mass is 10.1. The molecular weight excluding hydrogens is 179 g/mol. The average molecular weight is 196 g/mol. The summed E-state index contributed by atoms with van der Waals surface area (Å²) in [6.07, 6.45) is 2.10. The third-order valence-corrected chi connectivity index (χ3v) is 2.35. The zero-order valence-corrected chi connectivity index (χ0v) is 8.68. The van der Waals surface area contributed by atoms with E-state index in [1.54, 1.807) is 12.1 Å². The summed E-state index contributed by atoms with van der Waals surface area (Å²) in [5, 5.41) is 3.30. The first-order chi connectivity index (χ1) is 6.67. The molecule has 2 nitrogen and oxygen atoms in total. The molecule has 0 saturated heterocycles. The zero-order chi connectivity index (χ0) is 10.6. The molecule has 0 bridgehead atoms. The topological polar surface area (TPSA) is 38.0 Å². The monoisotopic (exact) mass is 196 g/mol. The molecule has 0 aromatic heterocycles. The predicted octanol–water partition coefficient (Wildman–Crippen LogP) is 3.01. The van der Waals surface area contributed by atoms with E-state index in [9.17, 15) is 4.39 Å². The van der Waals surface area contributed by atoms with Gasteiger partial charge in [0.2, 0.25) is 0 Å². The van der Waals surface area contributed by atoms with Gasteiger partial charge in [-0.25, -0.2) is 4.39 Å². The van der Waals surface area contributed by atoms with Gasteiger partial charge in [-0.15, -0.1) is 0 Å². The van der Waals surface area contributed by atoms with E-state index in [0.717, 1.165) is 18.5 Å². The van der Waals surface area contributed by atoms with Gasteiger partial charge in [-0.3, -0.25) is 0 Å². The van der Waals surface area contributed by atoms with Crippen molar-refractivity contribution in [2.75, 3.05) is 11.1 Å². The molecule has 0 fully saturated rings. The fourth-order valence-electron chi connectivity index (χ4n) is 1.36. The zero-order valence-electron chi connectivity index (χ0n) is 8.68. The van der Waals surface area contributed by atoms with Crippen LogP contribution in [0.4, 0.5) is 15.8 Å². The van der Waals surface area contributed by atoms with Crippen molar-refractivity contribution in [3.63, 3.8) is 0 Å². The molecule has 0 unspecified atom stereocenters. The summed E-state index contributed by atoms with van der Waals surface area (Å²) < 4.78 is 12.8. The van der Waals surface area contributed by atoms with Crippen molar-refractivity contribution >= 4 is 11.4 Å². The number of benzene rings is 1. The highest BCUT2D eigenvalue weighted by atomic mass is 19.1. The highest BCUT2D eigenvalue weighted by molar-refractivity contribution is 5.55. The van der Waals surface area contributed by atoms with E-state index in [-0.39, 0.29) is 11.5 Å². The normalized spacial score (nSPS) is 10.6. The van der Waals surface area contributed by atoms with Gasteiger partial charge in [0, 0.05) is 11.7 Å². The Bertz CT molecular complexity index is 295. The second kappa shape index (κ2) is 4.84. The van der Waals surface area contributed by atoms with Gasteiger partial charge in [-0.2, -0.15) is 0 Å². The first-order valence-electron chi connectivity index (χ1n) is 4.99. The molecule has 0 aliphatic carbocycles. The number of nitrogen functional groups attached to an aromatic ring is 1. The van der Waals surface area contributed by atoms with Gasteiger partial charge in [0.1, 0.15) is 5.82 Å². The van der Waals surface area contributed by atoms with E-state index < -0.39 is 0 Å². The SMILES string of the molecule is CCC(CC)Nc1ccc(F)c(N)c1. The van der Waals surface area contributed by atoms with E-state index in [1.807, 2.05) is 0 Å². The molecule has 0 amide bonds. The lowest BCUT2D eigenvalue weighted by Gasteiger charge is -2.16. The van der Waals surface area contributed by atoms with Crippen molar-refractivity contribution in [2.45, 2.75) is 32.7 Å². The fourth-order valence-corrected chi connectivity index (χ4v) is 1.36. The average Bonchev–Trinajstić information content (AvgIpc) is 2.19. The summed E-state index contributed by atoms with van der Waals surface area (Å²) >= 11 is 0. The Morgan fingerprint density at radius 1 is 1.36 bits per heavy atom. The van der Waals surface area contributed by atoms with Gasteiger partial charge < -0.3 is 11.1 Å². The maximum absolute atomic E-state index is 12.8. The molecule has 1 rings (SSSR count). The van der Waals surface area contributed by atoms with Gasteiger partial charge in [0.15, 0.2) is 0 Å². The van der Waals surface area contributed by atoms with Crippen LogP contribution in [-0.2, 0) is 0 Å². The maximum atomic E-state index is 12.8. The summed E-state index contributed by atoms with van der Waals surface area (Å²) in [5.41, 5.74) is 6.55. The van der Waals surface area contributed by atoms with Gasteiger partial charge in [-0.1, -0.05) is 13.8 Å². The van der Waals surface area contributed by atoms with Crippen molar-refractivity contribution in [3.8, 4) is 0 Å². The number of hydrogen-bond acceptors (Lipinski definition) is 2. The van der Waals surface area contributed by atoms with E-state index in [0.29, 0.717) is 6.04 Å². The molecule has 1 aromatic carbocycles. The van der Waals surface area contributed by atoms with Crippen LogP contribution in [0.3, 0.4) is 0 Å². The Balaban J connectivity index is 2.72. The first-order valence-corrected chi connectivity index (χ1v) is 4.99. The molecule has 0 radical (unpaired) electrons. The van der Waals surface area contributed by atoms with E-state index >= 15 is 0 Å². The van der Waals surface area contributed by atoms with Gasteiger partial charge >= 0.3 is 0 Å². The van der Waals surface area contributed by atoms with Crippen LogP contribution in [0.15, 0.2) is 18.2 Å². The molecule has 78 valence electrons. The van der Waals surface area contributed by atoms with Gasteiger partial charge in [0.25, 0.3) is 0 Å². The molecule has 3 N–H and O–H groups in total. The molecule has 0 atom stereocenters. The molecule has 0 heterocycles. The van der Waals surface area contributed by atoms with E-state index in [2.05, 4.69) is 19.2 Å². The minimum Gasteiger partial charge on any atom is -0.396 e. The van der Waals surface area contributed by atoms with Crippen LogP contribution in [0.25, 0.3) is 0 Å². The van der Waals surface area contributed by atoms with Crippen molar-refractivity contribution < 1.29 is 4.39 Å². The Labute approximate surface area is 84.3 Å².